The number of amides is 1. The Morgan fingerprint density at radius 2 is 1.70 bits per heavy atom. The predicted molar refractivity (Wildman–Crippen MR) is 108 cm³/mol. The fourth-order valence-electron chi connectivity index (χ4n) is 2.18. The highest BCUT2D eigenvalue weighted by atomic mass is 79.9. The molecule has 0 radical (unpaired) electrons. The van der Waals surface area contributed by atoms with Crippen molar-refractivity contribution in [1.82, 2.24) is 4.31 Å². The summed E-state index contributed by atoms with van der Waals surface area (Å²) in [5.41, 5.74) is 0.462. The lowest BCUT2D eigenvalue weighted by Crippen LogP contribution is -2.23. The molecule has 10 heteroatoms. The molecule has 0 unspecified atom stereocenters. The van der Waals surface area contributed by atoms with Crippen LogP contribution >= 0.6 is 27.5 Å². The molecule has 27 heavy (non-hydrogen) atoms. The summed E-state index contributed by atoms with van der Waals surface area (Å²) >= 11 is 9.39. The summed E-state index contributed by atoms with van der Waals surface area (Å²) in [6.45, 7) is 0. The summed E-state index contributed by atoms with van der Waals surface area (Å²) < 4.78 is 36.6. The minimum atomic E-state index is -3.72. The Morgan fingerprint density at radius 1 is 1.11 bits per heavy atom. The van der Waals surface area contributed by atoms with Crippen LogP contribution in [0.5, 0.6) is 11.5 Å². The zero-order valence-electron chi connectivity index (χ0n) is 15.0. The molecule has 0 aliphatic heterocycles. The lowest BCUT2D eigenvalue weighted by Gasteiger charge is -2.15. The maximum atomic E-state index is 12.6. The fourth-order valence-corrected chi connectivity index (χ4v) is 4.23. The van der Waals surface area contributed by atoms with Crippen molar-refractivity contribution in [1.29, 1.82) is 0 Å². The van der Waals surface area contributed by atoms with Gasteiger partial charge in [-0.2, -0.15) is 0 Å². The Bertz CT molecular complexity index is 980. The van der Waals surface area contributed by atoms with Gasteiger partial charge in [0.2, 0.25) is 10.0 Å². The number of benzene rings is 2. The van der Waals surface area contributed by atoms with Gasteiger partial charge in [0, 0.05) is 36.3 Å². The quantitative estimate of drug-likeness (QED) is 0.687. The predicted octanol–water partition coefficient (Wildman–Crippen LogP) is 3.62. The first-order chi connectivity index (χ1) is 12.6. The second kappa shape index (κ2) is 8.47. The molecule has 0 aliphatic rings. The zero-order valence-corrected chi connectivity index (χ0v) is 18.2. The number of carbonyl (C=O) groups is 1. The summed E-state index contributed by atoms with van der Waals surface area (Å²) in [7, 11) is 2.04. The largest absolute Gasteiger partial charge is 0.493 e. The minimum Gasteiger partial charge on any atom is -0.493 e. The van der Waals surface area contributed by atoms with Gasteiger partial charge in [0.15, 0.2) is 11.5 Å². The van der Waals surface area contributed by atoms with Crippen molar-refractivity contribution in [2.75, 3.05) is 33.6 Å². The molecule has 0 aliphatic carbocycles. The van der Waals surface area contributed by atoms with E-state index < -0.39 is 15.9 Å². The molecule has 7 nitrogen and oxygen atoms in total. The van der Waals surface area contributed by atoms with Crippen molar-refractivity contribution in [2.45, 2.75) is 4.90 Å². The lowest BCUT2D eigenvalue weighted by molar-refractivity contribution is 0.102. The molecule has 2 rings (SSSR count). The molecule has 0 saturated heterocycles. The minimum absolute atomic E-state index is 0.0152. The molecule has 146 valence electrons. The second-order valence-corrected chi connectivity index (χ2v) is 8.96. The van der Waals surface area contributed by atoms with E-state index in [9.17, 15) is 13.2 Å². The van der Waals surface area contributed by atoms with E-state index in [0.717, 1.165) is 4.31 Å². The van der Waals surface area contributed by atoms with Crippen LogP contribution in [0, 0.1) is 0 Å². The van der Waals surface area contributed by atoms with Gasteiger partial charge in [-0.05, 0) is 34.1 Å². The van der Waals surface area contributed by atoms with Gasteiger partial charge in [-0.25, -0.2) is 12.7 Å². The number of nitrogens with one attached hydrogen (secondary N) is 1. The van der Waals surface area contributed by atoms with Crippen molar-refractivity contribution in [3.05, 3.63) is 45.4 Å². The van der Waals surface area contributed by atoms with Crippen molar-refractivity contribution < 1.29 is 22.7 Å². The van der Waals surface area contributed by atoms with Gasteiger partial charge in [0.1, 0.15) is 0 Å². The Morgan fingerprint density at radius 3 is 2.26 bits per heavy atom. The monoisotopic (exact) mass is 476 g/mol. The third-order valence-electron chi connectivity index (χ3n) is 3.67. The van der Waals surface area contributed by atoms with Crippen LogP contribution in [0.3, 0.4) is 0 Å². The normalized spacial score (nSPS) is 11.4. The van der Waals surface area contributed by atoms with E-state index in [1.54, 1.807) is 0 Å². The first-order valence-corrected chi connectivity index (χ1v) is 10.2. The Hall–Kier alpha value is -1.81. The van der Waals surface area contributed by atoms with E-state index in [0.29, 0.717) is 21.7 Å². The second-order valence-electron chi connectivity index (χ2n) is 5.57. The molecule has 1 N–H and O–H groups in total. The SMILES string of the molecule is COc1cc(Cl)c(NC(=O)c2ccc(Br)c(S(=O)(=O)N(C)C)c2)cc1OC. The standard InChI is InChI=1S/C17H18BrClN2O5S/c1-21(2)27(23,24)16-7-10(5-6-11(16)18)17(22)20-13-9-15(26-4)14(25-3)8-12(13)19/h5-9H,1-4H3,(H,20,22). The Balaban J connectivity index is 2.40. The van der Waals surface area contributed by atoms with Crippen LogP contribution in [-0.4, -0.2) is 46.9 Å². The maximum Gasteiger partial charge on any atom is 0.255 e. The van der Waals surface area contributed by atoms with Gasteiger partial charge >= 0.3 is 0 Å². The van der Waals surface area contributed by atoms with Crippen LogP contribution in [-0.2, 0) is 10.0 Å². The van der Waals surface area contributed by atoms with Crippen molar-refractivity contribution in [2.24, 2.45) is 0 Å². The number of nitrogens with zero attached hydrogens (tertiary/aromatic N) is 1. The first-order valence-electron chi connectivity index (χ1n) is 7.56. The van der Waals surface area contributed by atoms with Crippen LogP contribution < -0.4 is 14.8 Å². The summed E-state index contributed by atoms with van der Waals surface area (Å²) in [4.78, 5) is 12.6. The van der Waals surface area contributed by atoms with Crippen LogP contribution in [0.1, 0.15) is 10.4 Å². The highest BCUT2D eigenvalue weighted by Crippen LogP contribution is 2.36. The molecule has 0 heterocycles. The fraction of sp³-hybridized carbons (Fsp3) is 0.235. The number of carbonyl (C=O) groups excluding carboxylic acids is 1. The third kappa shape index (κ3) is 4.55. The summed E-state index contributed by atoms with van der Waals surface area (Å²) in [5, 5.41) is 2.90. The number of sulfonamides is 1. The van der Waals surface area contributed by atoms with Gasteiger partial charge in [0.05, 0.1) is 29.8 Å². The van der Waals surface area contributed by atoms with Crippen molar-refractivity contribution >= 4 is 49.1 Å². The van der Waals surface area contributed by atoms with Crippen LogP contribution in [0.4, 0.5) is 5.69 Å². The van der Waals surface area contributed by atoms with Crippen LogP contribution in [0.25, 0.3) is 0 Å². The molecule has 0 bridgehead atoms. The van der Waals surface area contributed by atoms with Gasteiger partial charge in [-0.3, -0.25) is 4.79 Å². The van der Waals surface area contributed by atoms with Crippen molar-refractivity contribution in [3.8, 4) is 11.5 Å². The topological polar surface area (TPSA) is 84.9 Å². The number of anilines is 1. The molecule has 0 atom stereocenters. The summed E-state index contributed by atoms with van der Waals surface area (Å²) in [5.74, 6) is 0.291. The van der Waals surface area contributed by atoms with E-state index in [1.165, 1.54) is 58.6 Å². The molecular weight excluding hydrogens is 460 g/mol. The average molecular weight is 478 g/mol. The molecule has 1 amide bonds. The summed E-state index contributed by atoms with van der Waals surface area (Å²) in [6, 6.07) is 7.34. The Kier molecular flexibility index (Phi) is 6.74. The highest BCUT2D eigenvalue weighted by molar-refractivity contribution is 9.10. The zero-order chi connectivity index (χ0) is 20.4. The molecular formula is C17H18BrClN2O5S. The molecule has 2 aromatic carbocycles. The number of methoxy groups -OCH3 is 2. The van der Waals surface area contributed by atoms with Crippen molar-refractivity contribution in [3.63, 3.8) is 0 Å². The number of rotatable bonds is 6. The van der Waals surface area contributed by atoms with Gasteiger partial charge in [-0.15, -0.1) is 0 Å². The number of hydrogen-bond acceptors (Lipinski definition) is 5. The number of ether oxygens (including phenoxy) is 2. The van der Waals surface area contributed by atoms with E-state index in [4.69, 9.17) is 21.1 Å². The first kappa shape index (κ1) is 21.5. The molecule has 0 aromatic heterocycles. The maximum absolute atomic E-state index is 12.6. The van der Waals surface area contributed by atoms with Gasteiger partial charge in [-0.1, -0.05) is 11.6 Å². The smallest absolute Gasteiger partial charge is 0.255 e. The highest BCUT2D eigenvalue weighted by Gasteiger charge is 2.22. The van der Waals surface area contributed by atoms with E-state index in [2.05, 4.69) is 21.2 Å². The van der Waals surface area contributed by atoms with E-state index in [-0.39, 0.29) is 15.5 Å². The lowest BCUT2D eigenvalue weighted by atomic mass is 10.2. The van der Waals surface area contributed by atoms with Crippen LogP contribution in [0.15, 0.2) is 39.7 Å². The third-order valence-corrected chi connectivity index (χ3v) is 6.80. The van der Waals surface area contributed by atoms with Crippen LogP contribution in [0.2, 0.25) is 5.02 Å². The Labute approximate surface area is 171 Å². The molecule has 0 saturated carbocycles. The average Bonchev–Trinajstić information content (AvgIpc) is 2.62. The summed E-state index contributed by atoms with van der Waals surface area (Å²) in [6.07, 6.45) is 0. The van der Waals surface area contributed by atoms with Gasteiger partial charge in [0.25, 0.3) is 5.91 Å². The van der Waals surface area contributed by atoms with Gasteiger partial charge < -0.3 is 14.8 Å². The molecule has 0 fully saturated rings. The molecule has 2 aromatic rings. The van der Waals surface area contributed by atoms with E-state index in [1.807, 2.05) is 0 Å². The van der Waals surface area contributed by atoms with E-state index >= 15 is 0 Å². The number of halogens is 2. The molecule has 0 spiro atoms. The number of hydrogen-bond donors (Lipinski definition) is 1.